The molecule has 2 N–H and O–H groups in total. The van der Waals surface area contributed by atoms with Gasteiger partial charge in [0.1, 0.15) is 23.9 Å². The van der Waals surface area contributed by atoms with Crippen molar-refractivity contribution in [2.24, 2.45) is 22.9 Å². The Morgan fingerprint density at radius 2 is 1.62 bits per heavy atom. The number of hydrogen-bond donors (Lipinski definition) is 2. The number of benzene rings is 4. The van der Waals surface area contributed by atoms with Crippen molar-refractivity contribution in [1.29, 1.82) is 0 Å². The summed E-state index contributed by atoms with van der Waals surface area (Å²) in [5, 5.41) is 26.6. The first-order valence-electron chi connectivity index (χ1n) is 19.2. The molecule has 1 saturated carbocycles. The molecule has 3 aliphatic rings. The molecule has 8 heteroatoms. The summed E-state index contributed by atoms with van der Waals surface area (Å²) in [4.78, 5) is 6.97. The summed E-state index contributed by atoms with van der Waals surface area (Å²) >= 11 is 1.76. The largest absolute Gasteiger partial charge is 0.460 e. The van der Waals surface area contributed by atoms with E-state index in [9.17, 15) is 10.2 Å². The molecule has 2 aliphatic carbocycles. The Morgan fingerprint density at radius 1 is 0.887 bits per heavy atom. The first-order valence-corrected chi connectivity index (χ1v) is 20.0. The van der Waals surface area contributed by atoms with Crippen molar-refractivity contribution in [2.75, 3.05) is 26.4 Å². The molecule has 1 heterocycles. The monoisotopic (exact) mass is 733 g/mol. The Morgan fingerprint density at radius 3 is 2.40 bits per heavy atom. The van der Waals surface area contributed by atoms with Gasteiger partial charge >= 0.3 is 0 Å². The summed E-state index contributed by atoms with van der Waals surface area (Å²) in [5.41, 5.74) is 3.15. The van der Waals surface area contributed by atoms with Gasteiger partial charge in [0.05, 0.1) is 23.5 Å². The van der Waals surface area contributed by atoms with E-state index in [4.69, 9.17) is 24.2 Å². The van der Waals surface area contributed by atoms with Crippen LogP contribution in [-0.4, -0.2) is 53.4 Å². The quantitative estimate of drug-likeness (QED) is 0.0634. The number of rotatable bonds is 17. The maximum absolute atomic E-state index is 9.89. The molecule has 0 radical (unpaired) electrons. The van der Waals surface area contributed by atoms with Crippen LogP contribution in [-0.2, 0) is 9.57 Å². The Balaban J connectivity index is 1.40. The van der Waals surface area contributed by atoms with Gasteiger partial charge in [-0.3, -0.25) is 0 Å². The number of unbranched alkanes of at least 4 members (excludes halogenated alkanes) is 2. The highest BCUT2D eigenvalue weighted by atomic mass is 32.2. The number of thioether (sulfide) groups is 1. The number of fused-ring (bicyclic) bond motifs is 3. The van der Waals surface area contributed by atoms with Crippen LogP contribution in [0.3, 0.4) is 0 Å². The van der Waals surface area contributed by atoms with Crippen molar-refractivity contribution in [1.82, 2.24) is 0 Å². The van der Waals surface area contributed by atoms with Crippen molar-refractivity contribution in [2.45, 2.75) is 73.7 Å². The Hall–Kier alpha value is -4.08. The molecule has 53 heavy (non-hydrogen) atoms. The normalized spacial score (nSPS) is 25.2. The highest BCUT2D eigenvalue weighted by Gasteiger charge is 2.64. The fraction of sp³-hybridized carbons (Fsp3) is 0.400. The molecule has 4 aromatic rings. The third-order valence-corrected chi connectivity index (χ3v) is 12.2. The number of allylic oxidation sites excluding steroid dienone is 1. The van der Waals surface area contributed by atoms with E-state index in [-0.39, 0.29) is 42.1 Å². The van der Waals surface area contributed by atoms with E-state index in [0.29, 0.717) is 19.6 Å². The summed E-state index contributed by atoms with van der Waals surface area (Å²) < 4.78 is 20.9. The van der Waals surface area contributed by atoms with Crippen LogP contribution < -0.4 is 9.47 Å². The molecule has 7 nitrogen and oxygen atoms in total. The molecule has 6 unspecified atom stereocenters. The predicted molar refractivity (Wildman–Crippen MR) is 213 cm³/mol. The fourth-order valence-electron chi connectivity index (χ4n) is 8.66. The first-order chi connectivity index (χ1) is 26.1. The number of oxime groups is 1. The van der Waals surface area contributed by atoms with Crippen LogP contribution in [0.4, 0.5) is 0 Å². The van der Waals surface area contributed by atoms with Crippen LogP contribution in [0.5, 0.6) is 17.2 Å². The van der Waals surface area contributed by atoms with Crippen molar-refractivity contribution < 1.29 is 29.3 Å². The summed E-state index contributed by atoms with van der Waals surface area (Å²) in [6, 6.07) is 31.2. The van der Waals surface area contributed by atoms with Crippen LogP contribution in [0.15, 0.2) is 125 Å². The van der Waals surface area contributed by atoms with Gasteiger partial charge in [-0.1, -0.05) is 78.7 Å². The van der Waals surface area contributed by atoms with Crippen LogP contribution in [0.1, 0.15) is 63.4 Å². The second-order valence-electron chi connectivity index (χ2n) is 14.2. The average molecular weight is 734 g/mol. The Kier molecular flexibility index (Phi) is 12.2. The summed E-state index contributed by atoms with van der Waals surface area (Å²) in [5.74, 6) is 1.52. The zero-order valence-corrected chi connectivity index (χ0v) is 31.4. The second-order valence-corrected chi connectivity index (χ2v) is 15.5. The van der Waals surface area contributed by atoms with E-state index in [1.54, 1.807) is 17.8 Å². The van der Waals surface area contributed by atoms with E-state index in [0.717, 1.165) is 82.9 Å². The van der Waals surface area contributed by atoms with E-state index < -0.39 is 5.79 Å². The van der Waals surface area contributed by atoms with E-state index >= 15 is 0 Å². The van der Waals surface area contributed by atoms with Crippen LogP contribution >= 0.6 is 11.8 Å². The number of nitrogens with zero attached hydrogens (tertiary/aromatic N) is 1. The van der Waals surface area contributed by atoms with Gasteiger partial charge in [-0.05, 0) is 103 Å². The smallest absolute Gasteiger partial charge is 0.231 e. The first kappa shape index (κ1) is 37.2. The van der Waals surface area contributed by atoms with Gasteiger partial charge in [-0.2, -0.15) is 0 Å². The topological polar surface area (TPSA) is 89.7 Å². The average Bonchev–Trinajstić information content (AvgIpc) is 3.19. The molecule has 6 atom stereocenters. The third kappa shape index (κ3) is 7.92. The van der Waals surface area contributed by atoms with Gasteiger partial charge < -0.3 is 29.3 Å². The highest BCUT2D eigenvalue weighted by Crippen LogP contribution is 2.63. The standard InChI is InChI=1S/C45H51NO6S/c1-3-26-49-45-42(53-36-17-6-5-7-18-36)30-40(46-50-4-2)38-28-33(16-10-12-24-47)37(19-11-13-25-48)43(44(38)45)39-29-35(22-23-41(39)52-45)51-34-21-20-31-14-8-9-15-32(31)27-34/h3,5-9,14-15,17-18,20-23,27-29,33,37,42-44,47-48H,1,4,10-13,16,19,24-26,30H2,2H3. The number of aliphatic hydroxyl groups excluding tert-OH is 2. The number of ether oxygens (including phenoxy) is 3. The molecule has 0 aromatic heterocycles. The Bertz CT molecular complexity index is 1910. The van der Waals surface area contributed by atoms with Gasteiger partial charge in [-0.15, -0.1) is 18.3 Å². The molecule has 4 aromatic carbocycles. The second kappa shape index (κ2) is 17.4. The molecule has 0 amide bonds. The minimum Gasteiger partial charge on any atom is -0.460 e. The summed E-state index contributed by atoms with van der Waals surface area (Å²) in [7, 11) is 0. The van der Waals surface area contributed by atoms with Crippen molar-refractivity contribution in [3.63, 3.8) is 0 Å². The molecular formula is C45H51NO6S. The van der Waals surface area contributed by atoms with E-state index in [1.165, 1.54) is 5.39 Å². The van der Waals surface area contributed by atoms with Crippen LogP contribution in [0.2, 0.25) is 0 Å². The van der Waals surface area contributed by atoms with Crippen LogP contribution in [0, 0.1) is 17.8 Å². The lowest BCUT2D eigenvalue weighted by atomic mass is 9.56. The Labute approximate surface area is 317 Å². The molecule has 0 bridgehead atoms. The highest BCUT2D eigenvalue weighted by molar-refractivity contribution is 8.00. The maximum atomic E-state index is 9.89. The summed E-state index contributed by atoms with van der Waals surface area (Å²) in [6.07, 6.45) is 10.0. The van der Waals surface area contributed by atoms with Crippen molar-refractivity contribution in [3.8, 4) is 17.2 Å². The van der Waals surface area contributed by atoms with Gasteiger partial charge in [0.15, 0.2) is 0 Å². The molecule has 278 valence electrons. The molecule has 7 rings (SSSR count). The molecule has 0 saturated heterocycles. The number of hydrogen-bond acceptors (Lipinski definition) is 8. The maximum Gasteiger partial charge on any atom is 0.231 e. The van der Waals surface area contributed by atoms with Gasteiger partial charge in [-0.25, -0.2) is 0 Å². The lowest BCUT2D eigenvalue weighted by Crippen LogP contribution is -2.64. The lowest BCUT2D eigenvalue weighted by Gasteiger charge is -2.58. The minimum atomic E-state index is -1.03. The molecular weight excluding hydrogens is 683 g/mol. The van der Waals surface area contributed by atoms with E-state index in [1.807, 2.05) is 37.3 Å². The lowest BCUT2D eigenvalue weighted by molar-refractivity contribution is -0.223. The zero-order valence-electron chi connectivity index (χ0n) is 30.6. The molecule has 1 fully saturated rings. The SMILES string of the molecule is C=CCOC12Oc3ccc(Oc4ccc5ccccc5c4)cc3C3C(CCCCO)C(CCCCO)C=C(C(=NOCC)CC1Sc1ccccc1)C32. The number of aliphatic hydroxyl groups is 2. The van der Waals surface area contributed by atoms with Gasteiger partial charge in [0.25, 0.3) is 0 Å². The molecule has 1 aliphatic heterocycles. The van der Waals surface area contributed by atoms with Gasteiger partial charge in [0.2, 0.25) is 5.79 Å². The fourth-order valence-corrected chi connectivity index (χ4v) is 9.97. The van der Waals surface area contributed by atoms with Crippen molar-refractivity contribution in [3.05, 3.63) is 121 Å². The third-order valence-electron chi connectivity index (χ3n) is 10.9. The zero-order chi connectivity index (χ0) is 36.6. The van der Waals surface area contributed by atoms with Crippen molar-refractivity contribution >= 4 is 28.2 Å². The predicted octanol–water partition coefficient (Wildman–Crippen LogP) is 10.1. The molecule has 0 spiro atoms. The summed E-state index contributed by atoms with van der Waals surface area (Å²) in [6.45, 7) is 7.14. The van der Waals surface area contributed by atoms with E-state index in [2.05, 4.69) is 73.3 Å². The minimum absolute atomic E-state index is 0.00691. The van der Waals surface area contributed by atoms with Crippen LogP contribution in [0.25, 0.3) is 10.8 Å². The van der Waals surface area contributed by atoms with Gasteiger partial charge in [0, 0.05) is 36.0 Å².